The molecule has 0 aliphatic carbocycles. The molecule has 0 radical (unpaired) electrons. The molecule has 23 heavy (non-hydrogen) atoms. The quantitative estimate of drug-likeness (QED) is 0.788. The van der Waals surface area contributed by atoms with Crippen LogP contribution in [-0.4, -0.2) is 34.9 Å². The third kappa shape index (κ3) is 4.68. The monoisotopic (exact) mass is 392 g/mol. The predicted molar refractivity (Wildman–Crippen MR) is 97.0 cm³/mol. The minimum absolute atomic E-state index is 0.0569. The van der Waals surface area contributed by atoms with Crippen LogP contribution in [0.25, 0.3) is 0 Å². The van der Waals surface area contributed by atoms with E-state index in [1.54, 1.807) is 0 Å². The highest BCUT2D eigenvalue weighted by Crippen LogP contribution is 2.21. The summed E-state index contributed by atoms with van der Waals surface area (Å²) >= 11 is 4.77. The number of carbonyl (C=O) groups excluding carboxylic acids is 1. The normalized spacial score (nSPS) is 14.0. The van der Waals surface area contributed by atoms with E-state index in [1.807, 2.05) is 36.4 Å². The zero-order valence-electron chi connectivity index (χ0n) is 12.5. The molecule has 0 unspecified atom stereocenters. The van der Waals surface area contributed by atoms with Gasteiger partial charge < -0.3 is 10.2 Å². The molecule has 2 aromatic rings. The van der Waals surface area contributed by atoms with Crippen molar-refractivity contribution in [1.29, 1.82) is 0 Å². The summed E-state index contributed by atoms with van der Waals surface area (Å²) in [6, 6.07) is 11.4. The van der Waals surface area contributed by atoms with Gasteiger partial charge in [-0.05, 0) is 43.2 Å². The van der Waals surface area contributed by atoms with Crippen LogP contribution >= 0.6 is 27.7 Å². The number of nitrogens with zero attached hydrogens (tertiary/aromatic N) is 3. The number of rotatable bonds is 5. The number of anilines is 2. The third-order valence-corrected chi connectivity index (χ3v) is 4.93. The Bertz CT molecular complexity index is 674. The maximum atomic E-state index is 12.0. The fourth-order valence-corrected chi connectivity index (χ4v) is 3.42. The van der Waals surface area contributed by atoms with Gasteiger partial charge in [-0.2, -0.15) is 0 Å². The summed E-state index contributed by atoms with van der Waals surface area (Å²) in [4.78, 5) is 14.2. The Balaban J connectivity index is 1.50. The molecular formula is C16H17BrN4OS. The van der Waals surface area contributed by atoms with Gasteiger partial charge in [-0.25, -0.2) is 0 Å². The van der Waals surface area contributed by atoms with Gasteiger partial charge in [0.1, 0.15) is 5.03 Å². The van der Waals surface area contributed by atoms with Gasteiger partial charge in [0.05, 0.1) is 5.75 Å². The van der Waals surface area contributed by atoms with Crippen molar-refractivity contribution in [2.24, 2.45) is 0 Å². The van der Waals surface area contributed by atoms with Gasteiger partial charge >= 0.3 is 0 Å². The third-order valence-electron chi connectivity index (χ3n) is 3.52. The fourth-order valence-electron chi connectivity index (χ4n) is 2.41. The summed E-state index contributed by atoms with van der Waals surface area (Å²) in [7, 11) is 0. The Kier molecular flexibility index (Phi) is 5.51. The van der Waals surface area contributed by atoms with Crippen LogP contribution in [0.4, 0.5) is 11.5 Å². The molecule has 0 spiro atoms. The van der Waals surface area contributed by atoms with E-state index in [9.17, 15) is 4.79 Å². The lowest BCUT2D eigenvalue weighted by molar-refractivity contribution is -0.113. The Labute approximate surface area is 148 Å². The Morgan fingerprint density at radius 3 is 2.74 bits per heavy atom. The molecule has 1 aromatic heterocycles. The van der Waals surface area contributed by atoms with Crippen molar-refractivity contribution in [3.63, 3.8) is 0 Å². The molecule has 0 atom stereocenters. The first-order chi connectivity index (χ1) is 11.2. The van der Waals surface area contributed by atoms with Crippen molar-refractivity contribution >= 4 is 45.1 Å². The van der Waals surface area contributed by atoms with Crippen LogP contribution in [-0.2, 0) is 4.79 Å². The number of benzene rings is 1. The van der Waals surface area contributed by atoms with Gasteiger partial charge in [0.25, 0.3) is 0 Å². The molecule has 0 bridgehead atoms. The van der Waals surface area contributed by atoms with Gasteiger partial charge in [0, 0.05) is 23.2 Å². The summed E-state index contributed by atoms with van der Waals surface area (Å²) in [5.74, 6) is 1.17. The molecule has 1 N–H and O–H groups in total. The van der Waals surface area contributed by atoms with Crippen molar-refractivity contribution in [2.75, 3.05) is 29.1 Å². The number of aromatic nitrogens is 2. The number of thioether (sulfide) groups is 1. The minimum Gasteiger partial charge on any atom is -0.355 e. The lowest BCUT2D eigenvalue weighted by Gasteiger charge is -2.15. The molecule has 1 amide bonds. The predicted octanol–water partition coefficient (Wildman–Crippen LogP) is 3.57. The van der Waals surface area contributed by atoms with Crippen molar-refractivity contribution in [3.05, 3.63) is 40.9 Å². The first-order valence-corrected chi connectivity index (χ1v) is 9.25. The van der Waals surface area contributed by atoms with Crippen molar-refractivity contribution in [3.8, 4) is 0 Å². The van der Waals surface area contributed by atoms with Gasteiger partial charge in [0.15, 0.2) is 5.82 Å². The maximum Gasteiger partial charge on any atom is 0.234 e. The lowest BCUT2D eigenvalue weighted by Crippen LogP contribution is -2.19. The Hall–Kier alpha value is -1.60. The second kappa shape index (κ2) is 7.79. The van der Waals surface area contributed by atoms with Crippen molar-refractivity contribution in [2.45, 2.75) is 17.9 Å². The van der Waals surface area contributed by atoms with Crippen LogP contribution in [0.3, 0.4) is 0 Å². The molecule has 3 rings (SSSR count). The SMILES string of the molecule is O=C(CSc1ccc(N2CCCC2)nn1)Nc1cccc(Br)c1. The molecule has 1 fully saturated rings. The van der Waals surface area contributed by atoms with Crippen LogP contribution in [0, 0.1) is 0 Å². The van der Waals surface area contributed by atoms with E-state index in [1.165, 1.54) is 24.6 Å². The van der Waals surface area contributed by atoms with Gasteiger partial charge in [0.2, 0.25) is 5.91 Å². The molecule has 0 saturated carbocycles. The van der Waals surface area contributed by atoms with Crippen LogP contribution in [0.1, 0.15) is 12.8 Å². The number of hydrogen-bond acceptors (Lipinski definition) is 5. The van der Waals surface area contributed by atoms with Crippen LogP contribution in [0.2, 0.25) is 0 Å². The highest BCUT2D eigenvalue weighted by atomic mass is 79.9. The molecule has 7 heteroatoms. The van der Waals surface area contributed by atoms with Crippen LogP contribution < -0.4 is 10.2 Å². The fraction of sp³-hybridized carbons (Fsp3) is 0.312. The van der Waals surface area contributed by atoms with Crippen molar-refractivity contribution in [1.82, 2.24) is 10.2 Å². The van der Waals surface area contributed by atoms with E-state index in [2.05, 4.69) is 36.3 Å². The number of nitrogens with one attached hydrogen (secondary N) is 1. The van der Waals surface area contributed by atoms with E-state index in [0.717, 1.165) is 34.1 Å². The Morgan fingerprint density at radius 1 is 1.22 bits per heavy atom. The summed E-state index contributed by atoms with van der Waals surface area (Å²) in [6.45, 7) is 2.10. The van der Waals surface area contributed by atoms with E-state index < -0.39 is 0 Å². The first-order valence-electron chi connectivity index (χ1n) is 7.47. The molecule has 120 valence electrons. The van der Waals surface area contributed by atoms with Gasteiger partial charge in [-0.1, -0.05) is 33.8 Å². The second-order valence-corrected chi connectivity index (χ2v) is 7.18. The lowest BCUT2D eigenvalue weighted by atomic mass is 10.3. The number of halogens is 1. The zero-order chi connectivity index (χ0) is 16.1. The molecule has 1 aromatic carbocycles. The second-order valence-electron chi connectivity index (χ2n) is 5.27. The van der Waals surface area contributed by atoms with Crippen molar-refractivity contribution < 1.29 is 4.79 Å². The summed E-state index contributed by atoms with van der Waals surface area (Å²) in [5.41, 5.74) is 0.778. The first kappa shape index (κ1) is 16.3. The number of amides is 1. The van der Waals surface area contributed by atoms with Crippen LogP contribution in [0.5, 0.6) is 0 Å². The largest absolute Gasteiger partial charge is 0.355 e. The number of hydrogen-bond donors (Lipinski definition) is 1. The molecule has 1 aliphatic rings. The highest BCUT2D eigenvalue weighted by molar-refractivity contribution is 9.10. The average Bonchev–Trinajstić information content (AvgIpc) is 3.08. The van der Waals surface area contributed by atoms with Gasteiger partial charge in [-0.3, -0.25) is 4.79 Å². The highest BCUT2D eigenvalue weighted by Gasteiger charge is 2.14. The molecular weight excluding hydrogens is 376 g/mol. The zero-order valence-corrected chi connectivity index (χ0v) is 14.9. The summed E-state index contributed by atoms with van der Waals surface area (Å²) in [5, 5.41) is 12.1. The summed E-state index contributed by atoms with van der Waals surface area (Å²) < 4.78 is 0.936. The minimum atomic E-state index is -0.0569. The van der Waals surface area contributed by atoms with E-state index in [4.69, 9.17) is 0 Å². The Morgan fingerprint density at radius 2 is 2.04 bits per heavy atom. The molecule has 5 nitrogen and oxygen atoms in total. The standard InChI is InChI=1S/C16H17BrN4OS/c17-12-4-3-5-13(10-12)18-15(22)11-23-16-7-6-14(19-20-16)21-8-1-2-9-21/h3-7,10H,1-2,8-9,11H2,(H,18,22). The van der Waals surface area contributed by atoms with E-state index in [-0.39, 0.29) is 5.91 Å². The molecule has 1 aliphatic heterocycles. The topological polar surface area (TPSA) is 58.1 Å². The van der Waals surface area contributed by atoms with E-state index in [0.29, 0.717) is 5.75 Å². The maximum absolute atomic E-state index is 12.0. The number of carbonyl (C=O) groups is 1. The smallest absolute Gasteiger partial charge is 0.234 e. The van der Waals surface area contributed by atoms with Crippen LogP contribution in [0.15, 0.2) is 45.9 Å². The molecule has 1 saturated heterocycles. The molecule has 2 heterocycles. The van der Waals surface area contributed by atoms with Gasteiger partial charge in [-0.15, -0.1) is 10.2 Å². The average molecular weight is 393 g/mol. The van der Waals surface area contributed by atoms with E-state index >= 15 is 0 Å². The summed E-state index contributed by atoms with van der Waals surface area (Å²) in [6.07, 6.45) is 2.43.